The highest BCUT2D eigenvalue weighted by Gasteiger charge is 2.33. The monoisotopic (exact) mass is 491 g/mol. The molecule has 0 bridgehead atoms. The summed E-state index contributed by atoms with van der Waals surface area (Å²) < 4.78 is 19.2. The first kappa shape index (κ1) is 23.4. The van der Waals surface area contributed by atoms with Crippen molar-refractivity contribution < 1.29 is 9.13 Å². The van der Waals surface area contributed by atoms with Crippen LogP contribution in [0.5, 0.6) is 0 Å². The summed E-state index contributed by atoms with van der Waals surface area (Å²) in [5.74, 6) is 0.353. The Hall–Kier alpha value is -1.37. The highest BCUT2D eigenvalue weighted by Crippen LogP contribution is 2.34. The number of hydrogen-bond donors (Lipinski definition) is 0. The molecule has 4 nitrogen and oxygen atoms in total. The quantitative estimate of drug-likeness (QED) is 0.391. The third-order valence-corrected chi connectivity index (χ3v) is 8.10. The predicted octanol–water partition coefficient (Wildman–Crippen LogP) is 5.76. The summed E-state index contributed by atoms with van der Waals surface area (Å²) in [5, 5.41) is 0.753. The topological polar surface area (TPSA) is 19.0 Å². The van der Waals surface area contributed by atoms with Gasteiger partial charge in [-0.3, -0.25) is 4.90 Å². The van der Waals surface area contributed by atoms with Gasteiger partial charge in [0.2, 0.25) is 0 Å². The molecule has 33 heavy (non-hydrogen) atoms. The molecule has 3 fully saturated rings. The largest absolute Gasteiger partial charge is 0.373 e. The molecule has 178 valence electrons. The standard InChI is InChI=1S/C26H32Cl2FN3O/c27-21-3-7-24(8-4-21)32-18-31(14-11-26(32)28)23-9-12-30(13-10-23)16-19-15-25(33-17-19)20-1-5-22(29)6-2-20/h1-8,19,23,25-26H,9-18H2. The van der Waals surface area contributed by atoms with E-state index in [0.29, 0.717) is 12.0 Å². The molecule has 7 heteroatoms. The number of halogens is 3. The average Bonchev–Trinajstić information content (AvgIpc) is 3.29. The second-order valence-electron chi connectivity index (χ2n) is 9.63. The molecule has 3 aliphatic rings. The summed E-state index contributed by atoms with van der Waals surface area (Å²) in [6.07, 6.45) is 4.47. The summed E-state index contributed by atoms with van der Waals surface area (Å²) in [4.78, 5) is 7.50. The van der Waals surface area contributed by atoms with Crippen molar-refractivity contribution in [1.29, 1.82) is 0 Å². The molecule has 3 saturated heterocycles. The average molecular weight is 492 g/mol. The highest BCUT2D eigenvalue weighted by molar-refractivity contribution is 6.30. The van der Waals surface area contributed by atoms with E-state index in [1.165, 1.54) is 25.0 Å². The molecule has 2 aromatic carbocycles. The van der Waals surface area contributed by atoms with Gasteiger partial charge in [0.15, 0.2) is 0 Å². The molecule has 0 spiro atoms. The fourth-order valence-corrected chi connectivity index (χ4v) is 5.92. The summed E-state index contributed by atoms with van der Waals surface area (Å²) >= 11 is 12.7. The van der Waals surface area contributed by atoms with Gasteiger partial charge in [-0.2, -0.15) is 0 Å². The van der Waals surface area contributed by atoms with Crippen LogP contribution >= 0.6 is 23.2 Å². The van der Waals surface area contributed by atoms with Crippen LogP contribution in [-0.4, -0.2) is 60.8 Å². The summed E-state index contributed by atoms with van der Waals surface area (Å²) in [6.45, 7) is 6.07. The van der Waals surface area contributed by atoms with Crippen molar-refractivity contribution in [3.05, 3.63) is 64.9 Å². The van der Waals surface area contributed by atoms with Crippen LogP contribution in [0.3, 0.4) is 0 Å². The van der Waals surface area contributed by atoms with E-state index in [4.69, 9.17) is 27.9 Å². The van der Waals surface area contributed by atoms with Crippen molar-refractivity contribution in [3.63, 3.8) is 0 Å². The minimum atomic E-state index is -0.192. The Balaban J connectivity index is 1.10. The molecule has 3 heterocycles. The number of ether oxygens (including phenoxy) is 1. The van der Waals surface area contributed by atoms with E-state index in [2.05, 4.69) is 26.8 Å². The van der Waals surface area contributed by atoms with Crippen LogP contribution in [0.2, 0.25) is 5.02 Å². The summed E-state index contributed by atoms with van der Waals surface area (Å²) in [5.41, 5.74) is 2.25. The molecule has 0 N–H and O–H groups in total. The zero-order valence-corrected chi connectivity index (χ0v) is 20.4. The number of benzene rings is 2. The number of rotatable bonds is 5. The molecule has 3 unspecified atom stereocenters. The lowest BCUT2D eigenvalue weighted by Crippen LogP contribution is -2.55. The lowest BCUT2D eigenvalue weighted by Gasteiger charge is -2.46. The van der Waals surface area contributed by atoms with Crippen molar-refractivity contribution in [2.45, 2.75) is 43.3 Å². The lowest BCUT2D eigenvalue weighted by atomic mass is 9.97. The molecule has 5 rings (SSSR count). The number of piperidine rings is 1. The van der Waals surface area contributed by atoms with Gasteiger partial charge in [-0.15, -0.1) is 0 Å². The van der Waals surface area contributed by atoms with Gasteiger partial charge in [-0.1, -0.05) is 35.3 Å². The van der Waals surface area contributed by atoms with Gasteiger partial charge in [0.1, 0.15) is 11.3 Å². The minimum Gasteiger partial charge on any atom is -0.373 e. The van der Waals surface area contributed by atoms with Crippen LogP contribution in [0.25, 0.3) is 0 Å². The molecule has 2 aromatic rings. The minimum absolute atomic E-state index is 0.0268. The predicted molar refractivity (Wildman–Crippen MR) is 132 cm³/mol. The first-order chi connectivity index (χ1) is 16.0. The number of alkyl halides is 1. The van der Waals surface area contributed by atoms with Crippen molar-refractivity contribution in [3.8, 4) is 0 Å². The van der Waals surface area contributed by atoms with Crippen LogP contribution in [-0.2, 0) is 4.74 Å². The normalized spacial score (nSPS) is 27.8. The number of hydrogen-bond acceptors (Lipinski definition) is 4. The van der Waals surface area contributed by atoms with Crippen molar-refractivity contribution >= 4 is 28.9 Å². The van der Waals surface area contributed by atoms with Crippen LogP contribution < -0.4 is 4.90 Å². The van der Waals surface area contributed by atoms with Gasteiger partial charge in [-0.05, 0) is 86.7 Å². The fraction of sp³-hybridized carbons (Fsp3) is 0.538. The van der Waals surface area contributed by atoms with E-state index in [1.54, 1.807) is 0 Å². The number of anilines is 1. The van der Waals surface area contributed by atoms with E-state index >= 15 is 0 Å². The van der Waals surface area contributed by atoms with E-state index in [-0.39, 0.29) is 17.4 Å². The van der Waals surface area contributed by atoms with Crippen LogP contribution in [0.4, 0.5) is 10.1 Å². The Bertz CT molecular complexity index is 905. The smallest absolute Gasteiger partial charge is 0.123 e. The molecule has 0 saturated carbocycles. The van der Waals surface area contributed by atoms with Crippen LogP contribution in [0.1, 0.15) is 37.4 Å². The molecule has 0 radical (unpaired) electrons. The maximum absolute atomic E-state index is 13.2. The van der Waals surface area contributed by atoms with Gasteiger partial charge in [0, 0.05) is 29.8 Å². The van der Waals surface area contributed by atoms with Crippen LogP contribution in [0, 0.1) is 11.7 Å². The Morgan fingerprint density at radius 2 is 1.67 bits per heavy atom. The number of nitrogens with zero attached hydrogens (tertiary/aromatic N) is 3. The molecule has 3 aliphatic heterocycles. The fourth-order valence-electron chi connectivity index (χ4n) is 5.52. The second kappa shape index (κ2) is 10.5. The Morgan fingerprint density at radius 3 is 2.39 bits per heavy atom. The van der Waals surface area contributed by atoms with E-state index in [9.17, 15) is 4.39 Å². The SMILES string of the molecule is Fc1ccc(C2CC(CN3CCC(N4CCC(Cl)N(c5ccc(Cl)cc5)C4)CC3)CO2)cc1. The number of likely N-dealkylation sites (tertiary alicyclic amines) is 1. The van der Waals surface area contributed by atoms with Crippen molar-refractivity contribution in [1.82, 2.24) is 9.80 Å². The first-order valence-corrected chi connectivity index (χ1v) is 12.9. The maximum Gasteiger partial charge on any atom is 0.123 e. The zero-order valence-electron chi connectivity index (χ0n) is 18.9. The Kier molecular flexibility index (Phi) is 7.43. The second-order valence-corrected chi connectivity index (χ2v) is 10.6. The third-order valence-electron chi connectivity index (χ3n) is 7.40. The lowest BCUT2D eigenvalue weighted by molar-refractivity contribution is 0.0802. The Labute approximate surface area is 206 Å². The van der Waals surface area contributed by atoms with Gasteiger partial charge in [0.25, 0.3) is 0 Å². The zero-order chi connectivity index (χ0) is 22.8. The van der Waals surface area contributed by atoms with Crippen molar-refractivity contribution in [2.75, 3.05) is 44.4 Å². The van der Waals surface area contributed by atoms with Crippen molar-refractivity contribution in [2.24, 2.45) is 5.92 Å². The molecule has 0 aromatic heterocycles. The Morgan fingerprint density at radius 1 is 0.939 bits per heavy atom. The van der Waals surface area contributed by atoms with Crippen LogP contribution in [0.15, 0.2) is 48.5 Å². The molecule has 0 aliphatic carbocycles. The van der Waals surface area contributed by atoms with Gasteiger partial charge in [-0.25, -0.2) is 4.39 Å². The molecule has 0 amide bonds. The molecular weight excluding hydrogens is 460 g/mol. The van der Waals surface area contributed by atoms with E-state index in [1.807, 2.05) is 24.3 Å². The summed E-state index contributed by atoms with van der Waals surface area (Å²) in [6, 6.07) is 15.4. The first-order valence-electron chi connectivity index (χ1n) is 12.0. The van der Waals surface area contributed by atoms with Gasteiger partial charge in [0.05, 0.1) is 19.4 Å². The van der Waals surface area contributed by atoms with E-state index in [0.717, 1.165) is 68.6 Å². The molecule has 3 atom stereocenters. The summed E-state index contributed by atoms with van der Waals surface area (Å²) in [7, 11) is 0. The molecular formula is C26H32Cl2FN3O. The van der Waals surface area contributed by atoms with Gasteiger partial charge >= 0.3 is 0 Å². The maximum atomic E-state index is 13.2. The van der Waals surface area contributed by atoms with Gasteiger partial charge < -0.3 is 14.5 Å². The van der Waals surface area contributed by atoms with E-state index < -0.39 is 0 Å². The highest BCUT2D eigenvalue weighted by atomic mass is 35.5. The third kappa shape index (κ3) is 5.66.